The molecule has 1 aliphatic rings. The van der Waals surface area contributed by atoms with Crippen molar-refractivity contribution in [1.82, 2.24) is 4.90 Å². The molecule has 0 aromatic heterocycles. The van der Waals surface area contributed by atoms with Crippen LogP contribution in [0.1, 0.15) is 25.0 Å². The van der Waals surface area contributed by atoms with Crippen LogP contribution in [0.25, 0.3) is 0 Å². The molecule has 1 fully saturated rings. The standard InChI is InChI=1S/C18H27NO2/c1-5-6-17-11-14(2)7-8-18(17)20-10-9-19-12-15(3)21-16(4)13-19/h5,7-8,11,15-16H,1,6,9-10,12-13H2,2-4H3. The van der Waals surface area contributed by atoms with Crippen LogP contribution in [0.2, 0.25) is 0 Å². The minimum Gasteiger partial charge on any atom is -0.492 e. The molecule has 1 saturated heterocycles. The Morgan fingerprint density at radius 2 is 2.05 bits per heavy atom. The molecule has 2 atom stereocenters. The van der Waals surface area contributed by atoms with Crippen molar-refractivity contribution in [3.05, 3.63) is 42.0 Å². The molecule has 3 nitrogen and oxygen atoms in total. The van der Waals surface area contributed by atoms with Crippen LogP contribution in [-0.4, -0.2) is 43.3 Å². The first kappa shape index (κ1) is 16.1. The molecule has 0 saturated carbocycles. The number of benzene rings is 1. The highest BCUT2D eigenvalue weighted by atomic mass is 16.5. The molecule has 0 N–H and O–H groups in total. The van der Waals surface area contributed by atoms with Crippen LogP contribution < -0.4 is 4.74 Å². The topological polar surface area (TPSA) is 21.7 Å². The summed E-state index contributed by atoms with van der Waals surface area (Å²) in [7, 11) is 0. The van der Waals surface area contributed by atoms with Crippen LogP contribution in [0, 0.1) is 6.92 Å². The Morgan fingerprint density at radius 3 is 2.71 bits per heavy atom. The van der Waals surface area contributed by atoms with E-state index in [4.69, 9.17) is 9.47 Å². The fraction of sp³-hybridized carbons (Fsp3) is 0.556. The minimum atomic E-state index is 0.310. The van der Waals surface area contributed by atoms with Gasteiger partial charge >= 0.3 is 0 Å². The van der Waals surface area contributed by atoms with E-state index in [1.807, 2.05) is 6.08 Å². The quantitative estimate of drug-likeness (QED) is 0.751. The van der Waals surface area contributed by atoms with Crippen LogP contribution in [0.4, 0.5) is 0 Å². The number of allylic oxidation sites excluding steroid dienone is 1. The van der Waals surface area contributed by atoms with Gasteiger partial charge in [-0.1, -0.05) is 23.8 Å². The Hall–Kier alpha value is -1.32. The third kappa shape index (κ3) is 4.87. The summed E-state index contributed by atoms with van der Waals surface area (Å²) in [6.07, 6.45) is 3.39. The number of hydrogen-bond donors (Lipinski definition) is 0. The normalized spacial score (nSPS) is 23.0. The largest absolute Gasteiger partial charge is 0.492 e. The fourth-order valence-electron chi connectivity index (χ4n) is 2.92. The van der Waals surface area contributed by atoms with E-state index in [1.54, 1.807) is 0 Å². The first-order valence-electron chi connectivity index (χ1n) is 7.79. The number of ether oxygens (including phenoxy) is 2. The predicted molar refractivity (Wildman–Crippen MR) is 87.0 cm³/mol. The van der Waals surface area contributed by atoms with Gasteiger partial charge in [0.25, 0.3) is 0 Å². The molecule has 0 bridgehead atoms. The third-order valence-corrected chi connectivity index (χ3v) is 3.74. The summed E-state index contributed by atoms with van der Waals surface area (Å²) < 4.78 is 11.7. The second-order valence-electron chi connectivity index (χ2n) is 5.97. The lowest BCUT2D eigenvalue weighted by Gasteiger charge is -2.35. The van der Waals surface area contributed by atoms with Crippen molar-refractivity contribution in [2.24, 2.45) is 0 Å². The maximum Gasteiger partial charge on any atom is 0.122 e. The Balaban J connectivity index is 1.87. The molecule has 1 aromatic carbocycles. The summed E-state index contributed by atoms with van der Waals surface area (Å²) in [4.78, 5) is 2.42. The number of hydrogen-bond acceptors (Lipinski definition) is 3. The van der Waals surface area contributed by atoms with Crippen molar-refractivity contribution in [2.45, 2.75) is 39.4 Å². The lowest BCUT2D eigenvalue weighted by Crippen LogP contribution is -2.46. The minimum absolute atomic E-state index is 0.310. The van der Waals surface area contributed by atoms with Gasteiger partial charge in [-0.3, -0.25) is 4.90 Å². The van der Waals surface area contributed by atoms with Crippen molar-refractivity contribution in [3.63, 3.8) is 0 Å². The van der Waals surface area contributed by atoms with Crippen LogP contribution in [-0.2, 0) is 11.2 Å². The van der Waals surface area contributed by atoms with Gasteiger partial charge in [-0.25, -0.2) is 0 Å². The maximum atomic E-state index is 5.99. The Morgan fingerprint density at radius 1 is 1.33 bits per heavy atom. The summed E-state index contributed by atoms with van der Waals surface area (Å²) in [5, 5.41) is 0. The lowest BCUT2D eigenvalue weighted by atomic mass is 10.1. The summed E-state index contributed by atoms with van der Waals surface area (Å²) in [5.74, 6) is 0.981. The zero-order valence-electron chi connectivity index (χ0n) is 13.5. The van der Waals surface area contributed by atoms with Crippen LogP contribution in [0.3, 0.4) is 0 Å². The average molecular weight is 289 g/mol. The van der Waals surface area contributed by atoms with Gasteiger partial charge in [0.15, 0.2) is 0 Å². The molecule has 2 rings (SSSR count). The zero-order valence-corrected chi connectivity index (χ0v) is 13.5. The van der Waals surface area contributed by atoms with E-state index in [-0.39, 0.29) is 0 Å². The zero-order chi connectivity index (χ0) is 15.2. The molecule has 0 spiro atoms. The summed E-state index contributed by atoms with van der Waals surface area (Å²) in [6, 6.07) is 6.34. The molecule has 116 valence electrons. The van der Waals surface area contributed by atoms with E-state index in [0.717, 1.165) is 31.8 Å². The maximum absolute atomic E-state index is 5.99. The molecular formula is C18H27NO2. The highest BCUT2D eigenvalue weighted by Crippen LogP contribution is 2.21. The SMILES string of the molecule is C=CCc1cc(C)ccc1OCCN1CC(C)OC(C)C1. The second kappa shape index (κ2) is 7.62. The molecule has 3 heteroatoms. The summed E-state index contributed by atoms with van der Waals surface area (Å²) >= 11 is 0. The van der Waals surface area contributed by atoms with Crippen molar-refractivity contribution in [3.8, 4) is 5.75 Å². The summed E-state index contributed by atoms with van der Waals surface area (Å²) in [5.41, 5.74) is 2.48. The molecule has 0 aliphatic carbocycles. The Labute approximate surface area is 128 Å². The van der Waals surface area contributed by atoms with Crippen molar-refractivity contribution >= 4 is 0 Å². The number of aryl methyl sites for hydroxylation is 1. The predicted octanol–water partition coefficient (Wildman–Crippen LogP) is 3.21. The lowest BCUT2D eigenvalue weighted by molar-refractivity contribution is -0.0699. The average Bonchev–Trinajstić information content (AvgIpc) is 2.40. The third-order valence-electron chi connectivity index (χ3n) is 3.74. The molecule has 0 amide bonds. The van der Waals surface area contributed by atoms with E-state index in [9.17, 15) is 0 Å². The Bertz CT molecular complexity index is 462. The first-order valence-corrected chi connectivity index (χ1v) is 7.79. The van der Waals surface area contributed by atoms with Crippen molar-refractivity contribution in [2.75, 3.05) is 26.2 Å². The van der Waals surface area contributed by atoms with Gasteiger partial charge in [-0.15, -0.1) is 6.58 Å². The highest BCUT2D eigenvalue weighted by Gasteiger charge is 2.21. The molecule has 2 unspecified atom stereocenters. The summed E-state index contributed by atoms with van der Waals surface area (Å²) in [6.45, 7) is 13.8. The van der Waals surface area contributed by atoms with E-state index < -0.39 is 0 Å². The molecule has 1 aliphatic heterocycles. The van der Waals surface area contributed by atoms with Crippen LogP contribution in [0.15, 0.2) is 30.9 Å². The van der Waals surface area contributed by atoms with Gasteiger partial charge in [0.2, 0.25) is 0 Å². The van der Waals surface area contributed by atoms with Gasteiger partial charge < -0.3 is 9.47 Å². The van der Waals surface area contributed by atoms with E-state index in [2.05, 4.69) is 50.4 Å². The van der Waals surface area contributed by atoms with Gasteiger partial charge in [0.05, 0.1) is 12.2 Å². The van der Waals surface area contributed by atoms with Gasteiger partial charge in [-0.05, 0) is 38.8 Å². The molecular weight excluding hydrogens is 262 g/mol. The number of morpholine rings is 1. The van der Waals surface area contributed by atoms with E-state index >= 15 is 0 Å². The van der Waals surface area contributed by atoms with Crippen LogP contribution in [0.5, 0.6) is 5.75 Å². The van der Waals surface area contributed by atoms with Crippen LogP contribution >= 0.6 is 0 Å². The smallest absolute Gasteiger partial charge is 0.122 e. The first-order chi connectivity index (χ1) is 10.1. The monoisotopic (exact) mass is 289 g/mol. The van der Waals surface area contributed by atoms with Crippen molar-refractivity contribution in [1.29, 1.82) is 0 Å². The van der Waals surface area contributed by atoms with Crippen molar-refractivity contribution < 1.29 is 9.47 Å². The number of nitrogens with zero attached hydrogens (tertiary/aromatic N) is 1. The fourth-order valence-corrected chi connectivity index (χ4v) is 2.92. The Kier molecular flexibility index (Phi) is 5.83. The molecule has 1 aromatic rings. The van der Waals surface area contributed by atoms with E-state index in [0.29, 0.717) is 18.8 Å². The van der Waals surface area contributed by atoms with E-state index in [1.165, 1.54) is 11.1 Å². The molecule has 21 heavy (non-hydrogen) atoms. The van der Waals surface area contributed by atoms with Gasteiger partial charge in [0, 0.05) is 19.6 Å². The van der Waals surface area contributed by atoms with Gasteiger partial charge in [-0.2, -0.15) is 0 Å². The second-order valence-corrected chi connectivity index (χ2v) is 5.97. The highest BCUT2D eigenvalue weighted by molar-refractivity contribution is 5.38. The molecule has 0 radical (unpaired) electrons. The molecule has 1 heterocycles. The number of rotatable bonds is 6. The van der Waals surface area contributed by atoms with Gasteiger partial charge in [0.1, 0.15) is 12.4 Å².